The van der Waals surface area contributed by atoms with Gasteiger partial charge in [0.15, 0.2) is 0 Å². The molecule has 0 bridgehead atoms. The first-order valence-corrected chi connectivity index (χ1v) is 5.97. The van der Waals surface area contributed by atoms with E-state index in [1.165, 1.54) is 6.20 Å². The van der Waals surface area contributed by atoms with Gasteiger partial charge in [-0.05, 0) is 12.1 Å². The Morgan fingerprint density at radius 1 is 1.45 bits per heavy atom. The summed E-state index contributed by atoms with van der Waals surface area (Å²) in [5, 5.41) is 18.8. The molecule has 2 N–H and O–H groups in total. The number of nitrogens with zero attached hydrogens (tertiary/aromatic N) is 4. The third-order valence-corrected chi connectivity index (χ3v) is 2.41. The fraction of sp³-hybridized carbons (Fsp3) is 0.231. The minimum Gasteiger partial charge on any atom is -0.384 e. The van der Waals surface area contributed by atoms with E-state index >= 15 is 0 Å². The number of pyridine rings is 1. The molecule has 2 rings (SSSR count). The van der Waals surface area contributed by atoms with Crippen LogP contribution in [0.25, 0.3) is 0 Å². The molecule has 7 heteroatoms. The van der Waals surface area contributed by atoms with Gasteiger partial charge in [0.25, 0.3) is 5.91 Å². The summed E-state index contributed by atoms with van der Waals surface area (Å²) in [7, 11) is 0. The van der Waals surface area contributed by atoms with Crippen molar-refractivity contribution in [3.63, 3.8) is 0 Å². The summed E-state index contributed by atoms with van der Waals surface area (Å²) in [6.07, 6.45) is 4.80. The van der Waals surface area contributed by atoms with Crippen LogP contribution in [0.3, 0.4) is 0 Å². The molecule has 2 heterocycles. The first kappa shape index (κ1) is 13.7. The summed E-state index contributed by atoms with van der Waals surface area (Å²) in [4.78, 5) is 15.8. The normalized spacial score (nSPS) is 9.65. The van der Waals surface area contributed by atoms with Crippen LogP contribution in [0, 0.1) is 11.8 Å². The van der Waals surface area contributed by atoms with E-state index < -0.39 is 0 Å². The second kappa shape index (κ2) is 7.01. The molecule has 0 fully saturated rings. The lowest BCUT2D eigenvalue weighted by Crippen LogP contribution is -2.28. The molecule has 102 valence electrons. The third kappa shape index (κ3) is 3.90. The standard InChI is InChI=1S/C13H13N5O2/c19-9-1-2-11-3-4-12(15-10-11)13(20)14-5-7-18-8-6-16-17-18/h3-4,6,8,10,19H,5,7,9H2,(H,14,20). The molecule has 0 aromatic carbocycles. The van der Waals surface area contributed by atoms with Crippen molar-refractivity contribution in [2.75, 3.05) is 13.2 Å². The monoisotopic (exact) mass is 271 g/mol. The van der Waals surface area contributed by atoms with E-state index in [1.807, 2.05) is 0 Å². The molecular formula is C13H13N5O2. The van der Waals surface area contributed by atoms with E-state index in [4.69, 9.17) is 5.11 Å². The first-order chi connectivity index (χ1) is 9.79. The predicted molar refractivity (Wildman–Crippen MR) is 70.6 cm³/mol. The molecule has 7 nitrogen and oxygen atoms in total. The quantitative estimate of drug-likeness (QED) is 0.728. The van der Waals surface area contributed by atoms with E-state index in [2.05, 4.69) is 32.5 Å². The van der Waals surface area contributed by atoms with Gasteiger partial charge in [-0.25, -0.2) is 4.98 Å². The van der Waals surface area contributed by atoms with Crippen LogP contribution < -0.4 is 5.32 Å². The molecular weight excluding hydrogens is 258 g/mol. The van der Waals surface area contributed by atoms with Crippen molar-refractivity contribution in [2.45, 2.75) is 6.54 Å². The van der Waals surface area contributed by atoms with Gasteiger partial charge < -0.3 is 10.4 Å². The Morgan fingerprint density at radius 3 is 3.00 bits per heavy atom. The highest BCUT2D eigenvalue weighted by atomic mass is 16.2. The molecule has 2 aromatic rings. The van der Waals surface area contributed by atoms with E-state index in [0.717, 1.165) is 0 Å². The molecule has 0 spiro atoms. The molecule has 0 atom stereocenters. The van der Waals surface area contributed by atoms with Gasteiger partial charge in [0.2, 0.25) is 0 Å². The Bertz CT molecular complexity index is 610. The summed E-state index contributed by atoms with van der Waals surface area (Å²) in [5.41, 5.74) is 0.969. The highest BCUT2D eigenvalue weighted by molar-refractivity contribution is 5.92. The number of hydrogen-bond acceptors (Lipinski definition) is 5. The van der Waals surface area contributed by atoms with E-state index in [0.29, 0.717) is 24.3 Å². The Labute approximate surface area is 115 Å². The van der Waals surface area contributed by atoms with Crippen molar-refractivity contribution >= 4 is 5.91 Å². The highest BCUT2D eigenvalue weighted by Gasteiger charge is 2.05. The summed E-state index contributed by atoms with van der Waals surface area (Å²) in [5.74, 6) is 4.96. The Balaban J connectivity index is 1.85. The molecule has 0 aliphatic heterocycles. The number of aliphatic hydroxyl groups excluding tert-OH is 1. The van der Waals surface area contributed by atoms with Crippen LogP contribution in [0.1, 0.15) is 16.1 Å². The van der Waals surface area contributed by atoms with Gasteiger partial charge in [-0.15, -0.1) is 5.10 Å². The lowest BCUT2D eigenvalue weighted by Gasteiger charge is -2.04. The second-order valence-electron chi connectivity index (χ2n) is 3.81. The number of aliphatic hydroxyl groups is 1. The van der Waals surface area contributed by atoms with Crippen molar-refractivity contribution in [3.8, 4) is 11.8 Å². The molecule has 0 unspecified atom stereocenters. The van der Waals surface area contributed by atoms with E-state index in [-0.39, 0.29) is 12.5 Å². The van der Waals surface area contributed by atoms with E-state index in [9.17, 15) is 4.79 Å². The minimum absolute atomic E-state index is 0.204. The maximum Gasteiger partial charge on any atom is 0.269 e. The summed E-state index contributed by atoms with van der Waals surface area (Å²) >= 11 is 0. The number of rotatable bonds is 4. The van der Waals surface area contributed by atoms with Gasteiger partial charge in [0, 0.05) is 24.5 Å². The number of carbonyl (C=O) groups is 1. The van der Waals surface area contributed by atoms with Crippen LogP contribution in [-0.2, 0) is 6.54 Å². The molecule has 0 aliphatic rings. The largest absolute Gasteiger partial charge is 0.384 e. The van der Waals surface area contributed by atoms with Crippen LogP contribution in [0.4, 0.5) is 0 Å². The van der Waals surface area contributed by atoms with Gasteiger partial charge in [-0.3, -0.25) is 9.48 Å². The third-order valence-electron chi connectivity index (χ3n) is 2.41. The van der Waals surface area contributed by atoms with Gasteiger partial charge >= 0.3 is 0 Å². The van der Waals surface area contributed by atoms with E-state index in [1.54, 1.807) is 29.2 Å². The summed E-state index contributed by atoms with van der Waals surface area (Å²) in [6, 6.07) is 3.27. The molecule has 20 heavy (non-hydrogen) atoms. The number of nitrogens with one attached hydrogen (secondary N) is 1. The van der Waals surface area contributed by atoms with Crippen LogP contribution in [0.15, 0.2) is 30.7 Å². The maximum atomic E-state index is 11.8. The van der Waals surface area contributed by atoms with Gasteiger partial charge in [0.1, 0.15) is 12.3 Å². The van der Waals surface area contributed by atoms with Crippen LogP contribution in [0.2, 0.25) is 0 Å². The number of carbonyl (C=O) groups excluding carboxylic acids is 1. The van der Waals surface area contributed by atoms with Crippen molar-refractivity contribution in [1.29, 1.82) is 0 Å². The minimum atomic E-state index is -0.258. The molecule has 0 saturated carbocycles. The summed E-state index contributed by atoms with van der Waals surface area (Å²) < 4.78 is 1.63. The smallest absolute Gasteiger partial charge is 0.269 e. The molecule has 0 aliphatic carbocycles. The van der Waals surface area contributed by atoms with Crippen LogP contribution >= 0.6 is 0 Å². The average Bonchev–Trinajstić information content (AvgIpc) is 2.99. The SMILES string of the molecule is O=C(NCCn1ccnn1)c1ccc(C#CCO)cn1. The summed E-state index contributed by atoms with van der Waals surface area (Å²) in [6.45, 7) is 0.784. The zero-order valence-electron chi connectivity index (χ0n) is 10.7. The second-order valence-corrected chi connectivity index (χ2v) is 3.81. The Hall–Kier alpha value is -2.72. The zero-order chi connectivity index (χ0) is 14.2. The lowest BCUT2D eigenvalue weighted by atomic mass is 10.2. The van der Waals surface area contributed by atoms with Crippen molar-refractivity contribution in [3.05, 3.63) is 42.0 Å². The topological polar surface area (TPSA) is 92.9 Å². The van der Waals surface area contributed by atoms with Gasteiger partial charge in [-0.1, -0.05) is 17.1 Å². The van der Waals surface area contributed by atoms with Crippen LogP contribution in [0.5, 0.6) is 0 Å². The predicted octanol–water partition coefficient (Wildman–Crippen LogP) is -0.553. The van der Waals surface area contributed by atoms with Crippen molar-refractivity contribution in [1.82, 2.24) is 25.3 Å². The van der Waals surface area contributed by atoms with Crippen molar-refractivity contribution < 1.29 is 9.90 Å². The fourth-order valence-corrected chi connectivity index (χ4v) is 1.47. The first-order valence-electron chi connectivity index (χ1n) is 5.97. The highest BCUT2D eigenvalue weighted by Crippen LogP contribution is 1.98. The Kier molecular flexibility index (Phi) is 4.81. The Morgan fingerprint density at radius 2 is 2.35 bits per heavy atom. The van der Waals surface area contributed by atoms with Crippen LogP contribution in [-0.4, -0.2) is 44.1 Å². The molecule has 0 radical (unpaired) electrons. The zero-order valence-corrected chi connectivity index (χ0v) is 10.7. The average molecular weight is 271 g/mol. The fourth-order valence-electron chi connectivity index (χ4n) is 1.47. The number of aromatic nitrogens is 4. The molecule has 0 saturated heterocycles. The molecule has 2 aromatic heterocycles. The van der Waals surface area contributed by atoms with Crippen molar-refractivity contribution in [2.24, 2.45) is 0 Å². The number of amides is 1. The maximum absolute atomic E-state index is 11.8. The number of hydrogen-bond donors (Lipinski definition) is 2. The van der Waals surface area contributed by atoms with Gasteiger partial charge in [-0.2, -0.15) is 0 Å². The lowest BCUT2D eigenvalue weighted by molar-refractivity contribution is 0.0947. The van der Waals surface area contributed by atoms with Gasteiger partial charge in [0.05, 0.1) is 12.7 Å². The molecule has 1 amide bonds.